The standard InChI is InChI=1S/C11H26O4SSi/c1-11(2,3)9-7-8-10(15-17(5)6)14-16(4,12)13/h10,17H,7-9H2,1-6H3. The van der Waals surface area contributed by atoms with Crippen LogP contribution in [0.2, 0.25) is 13.1 Å². The third-order valence-electron chi connectivity index (χ3n) is 2.07. The van der Waals surface area contributed by atoms with Crippen LogP contribution >= 0.6 is 0 Å². The first-order valence-corrected chi connectivity index (χ1v) is 10.6. The van der Waals surface area contributed by atoms with Gasteiger partial charge in [-0.1, -0.05) is 20.8 Å². The van der Waals surface area contributed by atoms with Crippen LogP contribution in [0, 0.1) is 5.41 Å². The normalized spacial score (nSPS) is 15.2. The molecule has 0 aromatic rings. The van der Waals surface area contributed by atoms with Crippen molar-refractivity contribution in [3.8, 4) is 0 Å². The van der Waals surface area contributed by atoms with Crippen molar-refractivity contribution in [2.75, 3.05) is 6.26 Å². The molecule has 4 nitrogen and oxygen atoms in total. The molecule has 1 unspecified atom stereocenters. The molecule has 0 rings (SSSR count). The lowest BCUT2D eigenvalue weighted by Gasteiger charge is -2.22. The predicted octanol–water partition coefficient (Wildman–Crippen LogP) is 2.51. The first-order valence-electron chi connectivity index (χ1n) is 6.03. The van der Waals surface area contributed by atoms with Crippen LogP contribution in [0.1, 0.15) is 40.0 Å². The van der Waals surface area contributed by atoms with Crippen LogP contribution in [0.15, 0.2) is 0 Å². The van der Waals surface area contributed by atoms with Gasteiger partial charge in [0.15, 0.2) is 15.3 Å². The van der Waals surface area contributed by atoms with Gasteiger partial charge in [-0.25, -0.2) is 4.18 Å². The number of hydrogen-bond donors (Lipinski definition) is 0. The Balaban J connectivity index is 4.21. The van der Waals surface area contributed by atoms with Crippen molar-refractivity contribution >= 4 is 19.2 Å². The molecule has 104 valence electrons. The lowest BCUT2D eigenvalue weighted by Crippen LogP contribution is -2.26. The summed E-state index contributed by atoms with van der Waals surface area (Å²) in [6.45, 7) is 10.5. The Hall–Kier alpha value is 0.0869. The first-order chi connectivity index (χ1) is 7.49. The molecule has 0 aliphatic heterocycles. The molecule has 0 aromatic heterocycles. The summed E-state index contributed by atoms with van der Waals surface area (Å²) >= 11 is 0. The molecule has 6 heteroatoms. The Morgan fingerprint density at radius 3 is 2.12 bits per heavy atom. The zero-order chi connectivity index (χ0) is 13.7. The highest BCUT2D eigenvalue weighted by Gasteiger charge is 2.19. The summed E-state index contributed by atoms with van der Waals surface area (Å²) in [4.78, 5) is 0. The van der Waals surface area contributed by atoms with E-state index in [1.165, 1.54) is 0 Å². The molecule has 1 atom stereocenters. The number of hydrogen-bond acceptors (Lipinski definition) is 4. The summed E-state index contributed by atoms with van der Waals surface area (Å²) in [6, 6.07) is 0. The van der Waals surface area contributed by atoms with Gasteiger partial charge in [0.2, 0.25) is 0 Å². The zero-order valence-electron chi connectivity index (χ0n) is 11.8. The minimum absolute atomic E-state index is 0.255. The molecule has 0 bridgehead atoms. The monoisotopic (exact) mass is 282 g/mol. The maximum Gasteiger partial charge on any atom is 0.266 e. The van der Waals surface area contributed by atoms with E-state index in [2.05, 4.69) is 20.8 Å². The summed E-state index contributed by atoms with van der Waals surface area (Å²) in [5.41, 5.74) is 0.255. The molecule has 0 saturated heterocycles. The molecule has 17 heavy (non-hydrogen) atoms. The van der Waals surface area contributed by atoms with Gasteiger partial charge in [0.25, 0.3) is 10.1 Å². The van der Waals surface area contributed by atoms with E-state index in [0.29, 0.717) is 6.42 Å². The quantitative estimate of drug-likeness (QED) is 0.409. The molecule has 0 aromatic carbocycles. The van der Waals surface area contributed by atoms with Crippen molar-refractivity contribution in [3.63, 3.8) is 0 Å². The Morgan fingerprint density at radius 1 is 1.24 bits per heavy atom. The first kappa shape index (κ1) is 17.1. The third kappa shape index (κ3) is 12.3. The molecular weight excluding hydrogens is 256 g/mol. The van der Waals surface area contributed by atoms with E-state index in [-0.39, 0.29) is 5.41 Å². The van der Waals surface area contributed by atoms with E-state index in [1.54, 1.807) is 0 Å². The van der Waals surface area contributed by atoms with E-state index in [9.17, 15) is 8.42 Å². The lowest BCUT2D eigenvalue weighted by molar-refractivity contribution is 0.00101. The molecule has 0 spiro atoms. The minimum atomic E-state index is -3.44. The van der Waals surface area contributed by atoms with Crippen LogP contribution in [-0.2, 0) is 18.7 Å². The lowest BCUT2D eigenvalue weighted by atomic mass is 9.90. The van der Waals surface area contributed by atoms with Crippen molar-refractivity contribution in [2.24, 2.45) is 5.41 Å². The van der Waals surface area contributed by atoms with E-state index in [0.717, 1.165) is 19.1 Å². The topological polar surface area (TPSA) is 52.6 Å². The van der Waals surface area contributed by atoms with Gasteiger partial charge in [-0.3, -0.25) is 0 Å². The largest absolute Gasteiger partial charge is 0.395 e. The Morgan fingerprint density at radius 2 is 1.76 bits per heavy atom. The van der Waals surface area contributed by atoms with Gasteiger partial charge in [-0.15, -0.1) is 0 Å². The van der Waals surface area contributed by atoms with E-state index < -0.39 is 25.4 Å². The maximum atomic E-state index is 11.1. The fourth-order valence-corrected chi connectivity index (χ4v) is 2.85. The van der Waals surface area contributed by atoms with Crippen LogP contribution in [0.5, 0.6) is 0 Å². The SMILES string of the molecule is C[SiH](C)OC(CCCC(C)(C)C)OS(C)(=O)=O. The van der Waals surface area contributed by atoms with Crippen LogP contribution in [0.25, 0.3) is 0 Å². The van der Waals surface area contributed by atoms with Crippen LogP contribution in [-0.4, -0.2) is 30.0 Å². The second-order valence-electron chi connectivity index (χ2n) is 5.87. The van der Waals surface area contributed by atoms with Crippen LogP contribution < -0.4 is 0 Å². The highest BCUT2D eigenvalue weighted by Crippen LogP contribution is 2.23. The highest BCUT2D eigenvalue weighted by molar-refractivity contribution is 7.86. The van der Waals surface area contributed by atoms with E-state index in [4.69, 9.17) is 8.61 Å². The zero-order valence-corrected chi connectivity index (χ0v) is 13.8. The van der Waals surface area contributed by atoms with Crippen molar-refractivity contribution < 1.29 is 17.0 Å². The second kappa shape index (κ2) is 6.87. The molecule has 0 radical (unpaired) electrons. The van der Waals surface area contributed by atoms with Gasteiger partial charge in [0, 0.05) is 0 Å². The predicted molar refractivity (Wildman–Crippen MR) is 73.0 cm³/mol. The second-order valence-corrected chi connectivity index (χ2v) is 9.84. The summed E-state index contributed by atoms with van der Waals surface area (Å²) in [6.07, 6.45) is 3.04. The molecule has 0 amide bonds. The van der Waals surface area contributed by atoms with Crippen LogP contribution in [0.3, 0.4) is 0 Å². The van der Waals surface area contributed by atoms with Gasteiger partial charge in [-0.2, -0.15) is 8.42 Å². The van der Waals surface area contributed by atoms with Gasteiger partial charge in [0.1, 0.15) is 0 Å². The summed E-state index contributed by atoms with van der Waals surface area (Å²) in [5.74, 6) is 0. The Bertz CT molecular complexity index is 306. The molecule has 0 saturated carbocycles. The van der Waals surface area contributed by atoms with Gasteiger partial charge in [-0.05, 0) is 37.8 Å². The Labute approximate surface area is 108 Å². The Kier molecular flexibility index (Phi) is 6.90. The summed E-state index contributed by atoms with van der Waals surface area (Å²) in [5, 5.41) is 0. The highest BCUT2D eigenvalue weighted by atomic mass is 32.2. The average Bonchev–Trinajstić information content (AvgIpc) is 1.95. The molecule has 0 heterocycles. The van der Waals surface area contributed by atoms with E-state index >= 15 is 0 Å². The summed E-state index contributed by atoms with van der Waals surface area (Å²) < 4.78 is 32.7. The van der Waals surface area contributed by atoms with Crippen molar-refractivity contribution in [1.29, 1.82) is 0 Å². The molecule has 0 N–H and O–H groups in total. The molecule has 0 aliphatic rings. The average molecular weight is 282 g/mol. The molecule has 0 fully saturated rings. The van der Waals surface area contributed by atoms with Crippen molar-refractivity contribution in [2.45, 2.75) is 59.4 Å². The van der Waals surface area contributed by atoms with Gasteiger partial charge >= 0.3 is 0 Å². The number of rotatable bonds is 7. The molecule has 0 aliphatic carbocycles. The van der Waals surface area contributed by atoms with Crippen LogP contribution in [0.4, 0.5) is 0 Å². The smallest absolute Gasteiger partial charge is 0.266 e. The fraction of sp³-hybridized carbons (Fsp3) is 1.00. The van der Waals surface area contributed by atoms with Crippen molar-refractivity contribution in [3.05, 3.63) is 0 Å². The van der Waals surface area contributed by atoms with Gasteiger partial charge < -0.3 is 4.43 Å². The maximum absolute atomic E-state index is 11.1. The minimum Gasteiger partial charge on any atom is -0.395 e. The van der Waals surface area contributed by atoms with Gasteiger partial charge in [0.05, 0.1) is 6.26 Å². The third-order valence-corrected chi connectivity index (χ3v) is 3.48. The van der Waals surface area contributed by atoms with Crippen molar-refractivity contribution in [1.82, 2.24) is 0 Å². The fourth-order valence-electron chi connectivity index (χ4n) is 1.44. The van der Waals surface area contributed by atoms with E-state index in [1.807, 2.05) is 13.1 Å². The summed E-state index contributed by atoms with van der Waals surface area (Å²) in [7, 11) is -4.73. The molecular formula is C11H26O4SSi.